The number of amides is 1. The zero-order valence-corrected chi connectivity index (χ0v) is 20.5. The SMILES string of the molecule is CCOCCn1c(=NC(=O)C2CCCN(S(=O)(=O)c3ccc(F)cc3)C2)sc2cc(F)cc(F)c21. The Morgan fingerprint density at radius 1 is 1.17 bits per heavy atom. The standard InChI is InChI=1S/C23H24F3N3O4S2/c1-2-33-11-10-29-21-19(26)12-17(25)13-20(21)34-23(29)27-22(30)15-4-3-9-28(14-15)35(31,32)18-7-5-16(24)6-8-18/h5-8,12-13,15H,2-4,9-11,14H2,1H3. The fraction of sp³-hybridized carbons (Fsp3) is 0.391. The van der Waals surface area contributed by atoms with Crippen molar-refractivity contribution in [3.05, 3.63) is 58.7 Å². The Hall–Kier alpha value is -2.54. The first kappa shape index (κ1) is 25.5. The zero-order chi connectivity index (χ0) is 25.2. The molecule has 0 spiro atoms. The molecule has 1 aliphatic heterocycles. The van der Waals surface area contributed by atoms with Crippen LogP contribution in [0.5, 0.6) is 0 Å². The van der Waals surface area contributed by atoms with Crippen molar-refractivity contribution in [1.29, 1.82) is 0 Å². The molecule has 0 radical (unpaired) electrons. The van der Waals surface area contributed by atoms with E-state index in [9.17, 15) is 26.4 Å². The van der Waals surface area contributed by atoms with Gasteiger partial charge in [-0.05, 0) is 50.1 Å². The van der Waals surface area contributed by atoms with Crippen LogP contribution < -0.4 is 4.80 Å². The van der Waals surface area contributed by atoms with E-state index in [4.69, 9.17) is 4.74 Å². The van der Waals surface area contributed by atoms with Crippen molar-refractivity contribution in [2.24, 2.45) is 10.9 Å². The lowest BCUT2D eigenvalue weighted by Crippen LogP contribution is -2.42. The molecule has 2 aromatic carbocycles. The van der Waals surface area contributed by atoms with Crippen LogP contribution in [0.2, 0.25) is 0 Å². The molecular formula is C23H24F3N3O4S2. The number of halogens is 3. The van der Waals surface area contributed by atoms with E-state index in [0.717, 1.165) is 29.5 Å². The molecule has 4 rings (SSSR count). The predicted molar refractivity (Wildman–Crippen MR) is 125 cm³/mol. The third kappa shape index (κ3) is 5.50. The molecule has 1 atom stereocenters. The maximum atomic E-state index is 14.6. The molecule has 1 amide bonds. The Bertz CT molecular complexity index is 1400. The number of nitrogens with zero attached hydrogens (tertiary/aromatic N) is 3. The summed E-state index contributed by atoms with van der Waals surface area (Å²) in [4.78, 5) is 17.4. The van der Waals surface area contributed by atoms with Crippen molar-refractivity contribution in [2.75, 3.05) is 26.3 Å². The smallest absolute Gasteiger partial charge is 0.252 e. The second-order valence-electron chi connectivity index (χ2n) is 8.07. The molecular weight excluding hydrogens is 503 g/mol. The number of hydrogen-bond donors (Lipinski definition) is 0. The lowest BCUT2D eigenvalue weighted by Gasteiger charge is -2.30. The molecule has 0 N–H and O–H groups in total. The van der Waals surface area contributed by atoms with Gasteiger partial charge < -0.3 is 9.30 Å². The number of carbonyl (C=O) groups is 1. The van der Waals surface area contributed by atoms with Crippen LogP contribution in [0.25, 0.3) is 10.2 Å². The maximum Gasteiger partial charge on any atom is 0.252 e. The molecule has 1 fully saturated rings. The van der Waals surface area contributed by atoms with Crippen molar-refractivity contribution in [3.8, 4) is 0 Å². The van der Waals surface area contributed by atoms with Crippen molar-refractivity contribution >= 4 is 37.5 Å². The number of aromatic nitrogens is 1. The van der Waals surface area contributed by atoms with Gasteiger partial charge in [0.15, 0.2) is 10.6 Å². The zero-order valence-electron chi connectivity index (χ0n) is 18.9. The Morgan fingerprint density at radius 2 is 1.91 bits per heavy atom. The highest BCUT2D eigenvalue weighted by Gasteiger charge is 2.33. The highest BCUT2D eigenvalue weighted by molar-refractivity contribution is 7.89. The molecule has 1 unspecified atom stereocenters. The van der Waals surface area contributed by atoms with E-state index in [0.29, 0.717) is 24.1 Å². The van der Waals surface area contributed by atoms with Crippen molar-refractivity contribution in [2.45, 2.75) is 31.2 Å². The molecule has 7 nitrogen and oxygen atoms in total. The molecule has 0 saturated carbocycles. The first-order chi connectivity index (χ1) is 16.7. The predicted octanol–water partition coefficient (Wildman–Crippen LogP) is 3.68. The number of carbonyl (C=O) groups excluding carboxylic acids is 1. The van der Waals surface area contributed by atoms with Gasteiger partial charge in [-0.15, -0.1) is 0 Å². The number of benzene rings is 2. The summed E-state index contributed by atoms with van der Waals surface area (Å²) in [7, 11) is -3.91. The van der Waals surface area contributed by atoms with E-state index in [1.54, 1.807) is 0 Å². The first-order valence-corrected chi connectivity index (χ1v) is 13.4. The van der Waals surface area contributed by atoms with Gasteiger partial charge in [0.05, 0.1) is 27.6 Å². The van der Waals surface area contributed by atoms with Crippen LogP contribution >= 0.6 is 11.3 Å². The summed E-state index contributed by atoms with van der Waals surface area (Å²) >= 11 is 0.980. The van der Waals surface area contributed by atoms with Gasteiger partial charge >= 0.3 is 0 Å². The normalized spacial score (nSPS) is 17.8. The largest absolute Gasteiger partial charge is 0.380 e. The summed E-state index contributed by atoms with van der Waals surface area (Å²) in [6.07, 6.45) is 0.882. The average Bonchev–Trinajstić information content (AvgIpc) is 3.16. The molecule has 2 heterocycles. The highest BCUT2D eigenvalue weighted by Crippen LogP contribution is 2.26. The van der Waals surface area contributed by atoms with Crippen LogP contribution in [0.4, 0.5) is 13.2 Å². The number of sulfonamides is 1. The molecule has 1 aliphatic rings. The first-order valence-electron chi connectivity index (χ1n) is 11.1. The van der Waals surface area contributed by atoms with Gasteiger partial charge in [-0.3, -0.25) is 4.79 Å². The minimum Gasteiger partial charge on any atom is -0.380 e. The van der Waals surface area contributed by atoms with E-state index in [1.807, 2.05) is 6.92 Å². The molecule has 1 aromatic heterocycles. The second kappa shape index (κ2) is 10.6. The van der Waals surface area contributed by atoms with E-state index in [-0.39, 0.29) is 41.5 Å². The minimum absolute atomic E-state index is 0.0558. The summed E-state index contributed by atoms with van der Waals surface area (Å²) in [6.45, 7) is 2.87. The van der Waals surface area contributed by atoms with E-state index < -0.39 is 39.3 Å². The van der Waals surface area contributed by atoms with Crippen molar-refractivity contribution < 1.29 is 31.1 Å². The second-order valence-corrected chi connectivity index (χ2v) is 11.0. The number of fused-ring (bicyclic) bond motifs is 1. The van der Waals surface area contributed by atoms with Gasteiger partial charge in [-0.1, -0.05) is 11.3 Å². The summed E-state index contributed by atoms with van der Waals surface area (Å²) < 4.78 is 75.9. The lowest BCUT2D eigenvalue weighted by atomic mass is 9.99. The van der Waals surface area contributed by atoms with Crippen LogP contribution in [0.15, 0.2) is 46.3 Å². The number of rotatable bonds is 7. The van der Waals surface area contributed by atoms with Gasteiger partial charge in [0.25, 0.3) is 5.91 Å². The summed E-state index contributed by atoms with van der Waals surface area (Å²) in [5.41, 5.74) is 0.131. The number of piperidine rings is 1. The Kier molecular flexibility index (Phi) is 7.74. The summed E-state index contributed by atoms with van der Waals surface area (Å²) in [5, 5.41) is 0. The van der Waals surface area contributed by atoms with Crippen molar-refractivity contribution in [1.82, 2.24) is 8.87 Å². The van der Waals surface area contributed by atoms with Gasteiger partial charge in [0.2, 0.25) is 10.0 Å². The highest BCUT2D eigenvalue weighted by atomic mass is 32.2. The fourth-order valence-electron chi connectivity index (χ4n) is 4.03. The van der Waals surface area contributed by atoms with Crippen LogP contribution in [-0.4, -0.2) is 49.5 Å². The van der Waals surface area contributed by atoms with E-state index in [1.165, 1.54) is 27.1 Å². The fourth-order valence-corrected chi connectivity index (χ4v) is 6.65. The van der Waals surface area contributed by atoms with Crippen LogP contribution in [0.1, 0.15) is 19.8 Å². The monoisotopic (exact) mass is 527 g/mol. The summed E-state index contributed by atoms with van der Waals surface area (Å²) in [5.74, 6) is -3.30. The van der Waals surface area contributed by atoms with Crippen molar-refractivity contribution in [3.63, 3.8) is 0 Å². The Labute approximate surface area is 204 Å². The van der Waals surface area contributed by atoms with Crippen LogP contribution in [0, 0.1) is 23.4 Å². The van der Waals surface area contributed by atoms with Gasteiger partial charge in [0, 0.05) is 32.3 Å². The maximum absolute atomic E-state index is 14.6. The molecule has 188 valence electrons. The van der Waals surface area contributed by atoms with Crippen LogP contribution in [0.3, 0.4) is 0 Å². The van der Waals surface area contributed by atoms with Gasteiger partial charge in [0.1, 0.15) is 11.6 Å². The average molecular weight is 528 g/mol. The van der Waals surface area contributed by atoms with E-state index >= 15 is 0 Å². The molecule has 12 heteroatoms. The quantitative estimate of drug-likeness (QED) is 0.439. The van der Waals surface area contributed by atoms with Crippen LogP contribution in [-0.2, 0) is 26.1 Å². The lowest BCUT2D eigenvalue weighted by molar-refractivity contribution is -0.122. The number of ether oxygens (including phenoxy) is 1. The number of thiazole rings is 1. The Balaban J connectivity index is 1.64. The number of hydrogen-bond acceptors (Lipinski definition) is 5. The molecule has 0 bridgehead atoms. The topological polar surface area (TPSA) is 81.0 Å². The molecule has 3 aromatic rings. The summed E-state index contributed by atoms with van der Waals surface area (Å²) in [6, 6.07) is 6.47. The molecule has 1 saturated heterocycles. The molecule has 0 aliphatic carbocycles. The van der Waals surface area contributed by atoms with Gasteiger partial charge in [-0.25, -0.2) is 21.6 Å². The third-order valence-electron chi connectivity index (χ3n) is 5.75. The minimum atomic E-state index is -3.91. The van der Waals surface area contributed by atoms with Gasteiger partial charge in [-0.2, -0.15) is 9.30 Å². The Morgan fingerprint density at radius 3 is 2.63 bits per heavy atom. The molecule has 35 heavy (non-hydrogen) atoms. The van der Waals surface area contributed by atoms with E-state index in [2.05, 4.69) is 4.99 Å². The third-order valence-corrected chi connectivity index (χ3v) is 8.65.